The van der Waals surface area contributed by atoms with Gasteiger partial charge in [-0.05, 0) is 30.4 Å². The molecule has 0 saturated carbocycles. The monoisotopic (exact) mass is 332 g/mol. The minimum absolute atomic E-state index is 0.300. The largest absolute Gasteiger partial charge is 0.356 e. The molecule has 4 N–H and O–H groups in total. The summed E-state index contributed by atoms with van der Waals surface area (Å²) in [6, 6.07) is 6.46. The highest BCUT2D eigenvalue weighted by molar-refractivity contribution is 7.80. The molecule has 2 aromatic heterocycles. The Morgan fingerprint density at radius 1 is 1.35 bits per heavy atom. The Labute approximate surface area is 136 Å². The number of aromatic nitrogens is 5. The first-order chi connectivity index (χ1) is 11.2. The minimum atomic E-state index is -0.408. The van der Waals surface area contributed by atoms with E-state index in [-0.39, 0.29) is 0 Å². The highest BCUT2D eigenvalue weighted by Gasteiger charge is 2.09. The van der Waals surface area contributed by atoms with Gasteiger partial charge in [0.25, 0.3) is 0 Å². The first-order valence-corrected chi connectivity index (χ1v) is 7.04. The minimum Gasteiger partial charge on any atom is -0.356 e. The van der Waals surface area contributed by atoms with Gasteiger partial charge in [0.15, 0.2) is 10.9 Å². The molecular weight excluding hydrogens is 319 g/mol. The second-order valence-electron chi connectivity index (χ2n) is 4.57. The summed E-state index contributed by atoms with van der Waals surface area (Å²) in [6.45, 7) is 0.358. The zero-order chi connectivity index (χ0) is 16.2. The van der Waals surface area contributed by atoms with Crippen LogP contribution in [0.3, 0.4) is 0 Å². The lowest BCUT2D eigenvalue weighted by Crippen LogP contribution is -2.39. The van der Waals surface area contributed by atoms with Crippen molar-refractivity contribution in [1.29, 1.82) is 0 Å². The van der Waals surface area contributed by atoms with Crippen LogP contribution in [0, 0.1) is 5.82 Å². The number of nitrogens with zero attached hydrogens (tertiary/aromatic N) is 5. The molecule has 0 atom stereocenters. The maximum Gasteiger partial charge on any atom is 0.180 e. The van der Waals surface area contributed by atoms with Gasteiger partial charge in [-0.2, -0.15) is 5.10 Å². The normalized spacial score (nSPS) is 10.5. The Kier molecular flexibility index (Phi) is 4.26. The first kappa shape index (κ1) is 15.1. The van der Waals surface area contributed by atoms with E-state index in [0.717, 1.165) is 0 Å². The molecule has 0 unspecified atom stereocenters. The number of hydrogen-bond acceptors (Lipinski definition) is 5. The lowest BCUT2D eigenvalue weighted by Gasteiger charge is -2.06. The number of benzene rings is 1. The second-order valence-corrected chi connectivity index (χ2v) is 4.98. The quantitative estimate of drug-likeness (QED) is 0.362. The summed E-state index contributed by atoms with van der Waals surface area (Å²) in [5, 5.41) is 15.1. The third-order valence-electron chi connectivity index (χ3n) is 3.05. The van der Waals surface area contributed by atoms with Crippen molar-refractivity contribution < 1.29 is 4.39 Å². The Balaban J connectivity index is 1.79. The van der Waals surface area contributed by atoms with Gasteiger partial charge in [0.05, 0.1) is 18.4 Å². The van der Waals surface area contributed by atoms with E-state index in [2.05, 4.69) is 26.2 Å². The molecule has 0 aliphatic heterocycles. The third kappa shape index (κ3) is 3.33. The molecule has 0 amide bonds. The van der Waals surface area contributed by atoms with E-state index in [9.17, 15) is 4.39 Å². The number of rotatable bonds is 4. The molecule has 0 aliphatic rings. The van der Waals surface area contributed by atoms with Crippen molar-refractivity contribution in [3.8, 4) is 11.4 Å². The molecule has 1 aromatic carbocycles. The lowest BCUT2D eigenvalue weighted by atomic mass is 10.2. The van der Waals surface area contributed by atoms with Crippen molar-refractivity contribution in [2.24, 2.45) is 5.84 Å². The van der Waals surface area contributed by atoms with Crippen LogP contribution in [-0.2, 0) is 6.54 Å². The van der Waals surface area contributed by atoms with Crippen molar-refractivity contribution in [2.75, 3.05) is 0 Å². The molecule has 0 aliphatic carbocycles. The zero-order valence-corrected chi connectivity index (χ0v) is 12.7. The molecule has 118 valence electrons. The molecule has 2 heterocycles. The van der Waals surface area contributed by atoms with Crippen LogP contribution in [-0.4, -0.2) is 29.9 Å². The summed E-state index contributed by atoms with van der Waals surface area (Å²) in [5.41, 5.74) is 3.86. The van der Waals surface area contributed by atoms with Crippen molar-refractivity contribution in [3.05, 3.63) is 54.4 Å². The summed E-state index contributed by atoms with van der Waals surface area (Å²) in [5.74, 6) is 4.75. The summed E-state index contributed by atoms with van der Waals surface area (Å²) in [6.07, 6.45) is 4.94. The van der Waals surface area contributed by atoms with Crippen LogP contribution in [0.1, 0.15) is 5.69 Å². The molecule has 10 heteroatoms. The molecule has 0 spiro atoms. The highest BCUT2D eigenvalue weighted by atomic mass is 32.1. The van der Waals surface area contributed by atoms with Crippen LogP contribution in [0.25, 0.3) is 11.4 Å². The van der Waals surface area contributed by atoms with E-state index in [1.165, 1.54) is 15.4 Å². The third-order valence-corrected chi connectivity index (χ3v) is 3.31. The molecule has 0 saturated heterocycles. The molecule has 8 nitrogen and oxygen atoms in total. The van der Waals surface area contributed by atoms with E-state index in [4.69, 9.17) is 18.1 Å². The molecule has 23 heavy (non-hydrogen) atoms. The SMILES string of the molecule is NNC(=S)NCc1cn(-c2ccc(-n3cccn3)c(F)c2)nn1. The predicted octanol–water partition coefficient (Wildman–Crippen LogP) is 0.430. The average molecular weight is 332 g/mol. The van der Waals surface area contributed by atoms with Gasteiger partial charge in [-0.1, -0.05) is 5.21 Å². The Morgan fingerprint density at radius 3 is 2.91 bits per heavy atom. The van der Waals surface area contributed by atoms with Crippen LogP contribution < -0.4 is 16.6 Å². The smallest absolute Gasteiger partial charge is 0.180 e. The van der Waals surface area contributed by atoms with Crippen LogP contribution in [0.15, 0.2) is 42.9 Å². The van der Waals surface area contributed by atoms with E-state index in [0.29, 0.717) is 28.7 Å². The van der Waals surface area contributed by atoms with Gasteiger partial charge >= 0.3 is 0 Å². The molecule has 3 aromatic rings. The highest BCUT2D eigenvalue weighted by Crippen LogP contribution is 2.16. The first-order valence-electron chi connectivity index (χ1n) is 6.63. The van der Waals surface area contributed by atoms with Gasteiger partial charge in [0.2, 0.25) is 0 Å². The summed E-state index contributed by atoms with van der Waals surface area (Å²) in [7, 11) is 0. The van der Waals surface area contributed by atoms with Gasteiger partial charge in [-0.3, -0.25) is 0 Å². The van der Waals surface area contributed by atoms with Gasteiger partial charge in [0.1, 0.15) is 11.4 Å². The van der Waals surface area contributed by atoms with Crippen molar-refractivity contribution in [3.63, 3.8) is 0 Å². The zero-order valence-electron chi connectivity index (χ0n) is 11.8. The number of nitrogens with two attached hydrogens (primary N) is 1. The Bertz CT molecular complexity index is 813. The second kappa shape index (κ2) is 6.50. The van der Waals surface area contributed by atoms with Gasteiger partial charge in [-0.15, -0.1) is 5.10 Å². The van der Waals surface area contributed by atoms with Crippen LogP contribution in [0.5, 0.6) is 0 Å². The molecule has 3 rings (SSSR count). The van der Waals surface area contributed by atoms with E-state index < -0.39 is 5.82 Å². The number of hydrazine groups is 1. The fraction of sp³-hybridized carbons (Fsp3) is 0.0769. The summed E-state index contributed by atoms with van der Waals surface area (Å²) in [4.78, 5) is 0. The van der Waals surface area contributed by atoms with Crippen molar-refractivity contribution in [2.45, 2.75) is 6.54 Å². The summed E-state index contributed by atoms with van der Waals surface area (Å²) >= 11 is 4.87. The fourth-order valence-corrected chi connectivity index (χ4v) is 2.04. The Hall–Kier alpha value is -2.85. The van der Waals surface area contributed by atoms with Gasteiger partial charge in [-0.25, -0.2) is 19.6 Å². The maximum absolute atomic E-state index is 14.2. The van der Waals surface area contributed by atoms with Crippen molar-refractivity contribution in [1.82, 2.24) is 35.5 Å². The lowest BCUT2D eigenvalue weighted by molar-refractivity contribution is 0.608. The molecular formula is C13H13FN8S. The predicted molar refractivity (Wildman–Crippen MR) is 85.2 cm³/mol. The van der Waals surface area contributed by atoms with E-state index in [1.807, 2.05) is 0 Å². The van der Waals surface area contributed by atoms with E-state index >= 15 is 0 Å². The number of nitrogens with one attached hydrogen (secondary N) is 2. The van der Waals surface area contributed by atoms with Crippen LogP contribution >= 0.6 is 12.2 Å². The van der Waals surface area contributed by atoms with Gasteiger partial charge < -0.3 is 10.7 Å². The fourth-order valence-electron chi connectivity index (χ4n) is 1.96. The molecule has 0 fully saturated rings. The number of thiocarbonyl (C=S) groups is 1. The number of hydrogen-bond donors (Lipinski definition) is 3. The topological polar surface area (TPSA) is 98.6 Å². The van der Waals surface area contributed by atoms with Gasteiger partial charge in [0, 0.05) is 18.5 Å². The molecule has 0 bridgehead atoms. The maximum atomic E-state index is 14.2. The average Bonchev–Trinajstić information content (AvgIpc) is 3.24. The van der Waals surface area contributed by atoms with E-state index in [1.54, 1.807) is 36.8 Å². The van der Waals surface area contributed by atoms with Crippen molar-refractivity contribution >= 4 is 17.3 Å². The van der Waals surface area contributed by atoms with Crippen LogP contribution in [0.4, 0.5) is 4.39 Å². The number of halogens is 1. The Morgan fingerprint density at radius 2 is 2.22 bits per heavy atom. The van der Waals surface area contributed by atoms with Crippen LogP contribution in [0.2, 0.25) is 0 Å². The molecule has 0 radical (unpaired) electrons. The summed E-state index contributed by atoms with van der Waals surface area (Å²) < 4.78 is 17.2. The standard InChI is InChI=1S/C13H13FN8S/c14-11-6-10(2-3-12(11)21-5-1-4-17-21)22-8-9(19-20-22)7-16-13(23)18-15/h1-6,8H,7,15H2,(H2,16,18,23).